The molecule has 4 nitrogen and oxygen atoms in total. The van der Waals surface area contributed by atoms with Gasteiger partial charge in [-0.15, -0.1) is 0 Å². The van der Waals surface area contributed by atoms with Crippen molar-refractivity contribution in [3.8, 4) is 0 Å². The molecule has 0 heterocycles. The molecule has 0 saturated carbocycles. The van der Waals surface area contributed by atoms with E-state index in [9.17, 15) is 27.2 Å². The molecule has 0 bridgehead atoms. The van der Waals surface area contributed by atoms with E-state index in [1.54, 1.807) is 0 Å². The quantitative estimate of drug-likeness (QED) is 0.822. The SMILES string of the molecule is O=C(CCNC(=O)c1ccc(F)cc1F)Nc1cc(F)cc(F)c1. The standard InChI is InChI=1S/C16H12F4N2O2/c17-9-1-2-13(14(20)8-9)16(24)21-4-3-15(23)22-12-6-10(18)5-11(19)7-12/h1-2,5-8H,3-4H2,(H,21,24)(H,22,23). The summed E-state index contributed by atoms with van der Waals surface area (Å²) in [4.78, 5) is 23.3. The third-order valence-electron chi connectivity index (χ3n) is 2.96. The lowest BCUT2D eigenvalue weighted by Gasteiger charge is -2.08. The summed E-state index contributed by atoms with van der Waals surface area (Å²) in [6.07, 6.45) is -0.202. The van der Waals surface area contributed by atoms with Crippen molar-refractivity contribution >= 4 is 17.5 Å². The maximum absolute atomic E-state index is 13.4. The third-order valence-corrected chi connectivity index (χ3v) is 2.96. The van der Waals surface area contributed by atoms with E-state index >= 15 is 0 Å². The molecule has 0 radical (unpaired) electrons. The van der Waals surface area contributed by atoms with E-state index in [1.807, 2.05) is 0 Å². The summed E-state index contributed by atoms with van der Waals surface area (Å²) in [7, 11) is 0. The van der Waals surface area contributed by atoms with Gasteiger partial charge >= 0.3 is 0 Å². The molecule has 2 aromatic carbocycles. The lowest BCUT2D eigenvalue weighted by atomic mass is 10.2. The number of hydrogen-bond acceptors (Lipinski definition) is 2. The van der Waals surface area contributed by atoms with Crippen LogP contribution in [0.2, 0.25) is 0 Å². The van der Waals surface area contributed by atoms with Crippen LogP contribution in [0.3, 0.4) is 0 Å². The Morgan fingerprint density at radius 3 is 2.17 bits per heavy atom. The Bertz CT molecular complexity index is 760. The van der Waals surface area contributed by atoms with E-state index in [4.69, 9.17) is 0 Å². The molecule has 0 atom stereocenters. The Hall–Kier alpha value is -2.90. The predicted octanol–water partition coefficient (Wildman–Crippen LogP) is 3.00. The van der Waals surface area contributed by atoms with E-state index in [2.05, 4.69) is 10.6 Å². The summed E-state index contributed by atoms with van der Waals surface area (Å²) in [5, 5.41) is 4.55. The maximum Gasteiger partial charge on any atom is 0.254 e. The molecule has 0 saturated heterocycles. The van der Waals surface area contributed by atoms with Crippen LogP contribution in [-0.2, 0) is 4.79 Å². The number of carbonyl (C=O) groups is 2. The van der Waals surface area contributed by atoms with Crippen molar-refractivity contribution in [3.05, 3.63) is 65.2 Å². The summed E-state index contributed by atoms with van der Waals surface area (Å²) in [6, 6.07) is 5.02. The Morgan fingerprint density at radius 1 is 0.875 bits per heavy atom. The molecule has 0 aliphatic carbocycles. The molecule has 24 heavy (non-hydrogen) atoms. The largest absolute Gasteiger partial charge is 0.351 e. The minimum Gasteiger partial charge on any atom is -0.351 e. The molecule has 8 heteroatoms. The van der Waals surface area contributed by atoms with Crippen LogP contribution in [0.25, 0.3) is 0 Å². The lowest BCUT2D eigenvalue weighted by Crippen LogP contribution is -2.28. The molecule has 0 aliphatic heterocycles. The van der Waals surface area contributed by atoms with Gasteiger partial charge in [0.15, 0.2) is 0 Å². The fourth-order valence-corrected chi connectivity index (χ4v) is 1.91. The van der Waals surface area contributed by atoms with Crippen LogP contribution < -0.4 is 10.6 Å². The molecule has 2 N–H and O–H groups in total. The first-order valence-electron chi connectivity index (χ1n) is 6.84. The predicted molar refractivity (Wildman–Crippen MR) is 78.3 cm³/mol. The van der Waals surface area contributed by atoms with Gasteiger partial charge in [0.25, 0.3) is 5.91 Å². The molecule has 0 unspecified atom stereocenters. The van der Waals surface area contributed by atoms with Gasteiger partial charge in [-0.2, -0.15) is 0 Å². The zero-order valence-corrected chi connectivity index (χ0v) is 12.2. The molecule has 126 valence electrons. The van der Waals surface area contributed by atoms with Crippen LogP contribution in [0.15, 0.2) is 36.4 Å². The van der Waals surface area contributed by atoms with Crippen LogP contribution >= 0.6 is 0 Å². The van der Waals surface area contributed by atoms with Crippen molar-refractivity contribution in [3.63, 3.8) is 0 Å². The summed E-state index contributed by atoms with van der Waals surface area (Å²) < 4.78 is 52.1. The van der Waals surface area contributed by atoms with Crippen LogP contribution in [0.4, 0.5) is 23.2 Å². The Balaban J connectivity index is 1.85. The molecule has 2 amide bonds. The minimum atomic E-state index is -1.02. The van der Waals surface area contributed by atoms with Crippen LogP contribution in [0, 0.1) is 23.3 Å². The van der Waals surface area contributed by atoms with Crippen molar-refractivity contribution < 1.29 is 27.2 Å². The number of rotatable bonds is 5. The van der Waals surface area contributed by atoms with Gasteiger partial charge in [0.2, 0.25) is 5.91 Å². The van der Waals surface area contributed by atoms with E-state index in [0.29, 0.717) is 12.1 Å². The fourth-order valence-electron chi connectivity index (χ4n) is 1.91. The number of amides is 2. The first-order valence-corrected chi connectivity index (χ1v) is 6.84. The summed E-state index contributed by atoms with van der Waals surface area (Å²) >= 11 is 0. The first-order chi connectivity index (χ1) is 11.3. The average molecular weight is 340 g/mol. The van der Waals surface area contributed by atoms with E-state index in [0.717, 1.165) is 24.3 Å². The molecule has 0 spiro atoms. The Labute approximate surface area is 134 Å². The topological polar surface area (TPSA) is 58.2 Å². The third kappa shape index (κ3) is 4.80. The smallest absolute Gasteiger partial charge is 0.254 e. The molecule has 0 aliphatic rings. The van der Waals surface area contributed by atoms with Crippen LogP contribution in [0.5, 0.6) is 0 Å². The van der Waals surface area contributed by atoms with Crippen molar-refractivity contribution in [1.29, 1.82) is 0 Å². The maximum atomic E-state index is 13.4. The van der Waals surface area contributed by atoms with Crippen molar-refractivity contribution in [2.45, 2.75) is 6.42 Å². The molecule has 2 aromatic rings. The zero-order valence-electron chi connectivity index (χ0n) is 12.2. The van der Waals surface area contributed by atoms with Gasteiger partial charge in [0.05, 0.1) is 5.56 Å². The highest BCUT2D eigenvalue weighted by Gasteiger charge is 2.13. The van der Waals surface area contributed by atoms with Gasteiger partial charge < -0.3 is 10.6 Å². The summed E-state index contributed by atoms with van der Waals surface area (Å²) in [5.74, 6) is -4.93. The molecule has 2 rings (SSSR count). The second-order valence-electron chi connectivity index (χ2n) is 4.84. The molecular formula is C16H12F4N2O2. The number of benzene rings is 2. The highest BCUT2D eigenvalue weighted by atomic mass is 19.1. The van der Waals surface area contributed by atoms with E-state index in [1.165, 1.54) is 0 Å². The van der Waals surface area contributed by atoms with Gasteiger partial charge in [0.1, 0.15) is 23.3 Å². The number of anilines is 1. The van der Waals surface area contributed by atoms with Gasteiger partial charge in [0, 0.05) is 30.8 Å². The second-order valence-corrected chi connectivity index (χ2v) is 4.84. The van der Waals surface area contributed by atoms with Crippen molar-refractivity contribution in [1.82, 2.24) is 5.32 Å². The van der Waals surface area contributed by atoms with Crippen molar-refractivity contribution in [2.24, 2.45) is 0 Å². The summed E-state index contributed by atoms with van der Waals surface area (Å²) in [6.45, 7) is -0.140. The number of carbonyl (C=O) groups excluding carboxylic acids is 2. The molecular weight excluding hydrogens is 328 g/mol. The lowest BCUT2D eigenvalue weighted by molar-refractivity contribution is -0.116. The van der Waals surface area contributed by atoms with E-state index < -0.39 is 35.1 Å². The normalized spacial score (nSPS) is 10.3. The molecule has 0 fully saturated rings. The Morgan fingerprint density at radius 2 is 1.54 bits per heavy atom. The zero-order chi connectivity index (χ0) is 17.7. The van der Waals surface area contributed by atoms with Gasteiger partial charge in [-0.05, 0) is 24.3 Å². The van der Waals surface area contributed by atoms with Crippen molar-refractivity contribution in [2.75, 3.05) is 11.9 Å². The summed E-state index contributed by atoms with van der Waals surface area (Å²) in [5.41, 5.74) is -0.419. The highest BCUT2D eigenvalue weighted by Crippen LogP contribution is 2.13. The average Bonchev–Trinajstić information content (AvgIpc) is 2.45. The van der Waals surface area contributed by atoms with Gasteiger partial charge in [-0.25, -0.2) is 17.6 Å². The second kappa shape index (κ2) is 7.58. The fraction of sp³-hybridized carbons (Fsp3) is 0.125. The molecule has 0 aromatic heterocycles. The number of halogens is 4. The van der Waals surface area contributed by atoms with Crippen LogP contribution in [0.1, 0.15) is 16.8 Å². The van der Waals surface area contributed by atoms with Gasteiger partial charge in [-0.3, -0.25) is 9.59 Å². The number of nitrogens with one attached hydrogen (secondary N) is 2. The monoisotopic (exact) mass is 340 g/mol. The van der Waals surface area contributed by atoms with E-state index in [-0.39, 0.29) is 24.2 Å². The van der Waals surface area contributed by atoms with Crippen LogP contribution in [-0.4, -0.2) is 18.4 Å². The Kier molecular flexibility index (Phi) is 5.51. The number of hydrogen-bond donors (Lipinski definition) is 2. The minimum absolute atomic E-state index is 0.0617. The van der Waals surface area contributed by atoms with Gasteiger partial charge in [-0.1, -0.05) is 0 Å². The highest BCUT2D eigenvalue weighted by molar-refractivity contribution is 5.95. The first kappa shape index (κ1) is 17.5.